The number of carbonyl (C=O) groups excluding carboxylic acids is 1. The molecule has 2 aliphatic heterocycles. The SMILES string of the molecule is CC(C)(C)OC(=O)C1CC2OCOC2N1. The van der Waals surface area contributed by atoms with Gasteiger partial charge in [-0.2, -0.15) is 0 Å². The molecule has 0 amide bonds. The van der Waals surface area contributed by atoms with E-state index in [-0.39, 0.29) is 24.3 Å². The third-order valence-corrected chi connectivity index (χ3v) is 2.39. The van der Waals surface area contributed by atoms with Crippen LogP contribution in [0.15, 0.2) is 0 Å². The third-order valence-electron chi connectivity index (χ3n) is 2.39. The van der Waals surface area contributed by atoms with Crippen molar-refractivity contribution in [3.8, 4) is 0 Å². The van der Waals surface area contributed by atoms with Gasteiger partial charge >= 0.3 is 5.97 Å². The van der Waals surface area contributed by atoms with E-state index in [1.165, 1.54) is 0 Å². The molecule has 2 saturated heterocycles. The van der Waals surface area contributed by atoms with Crippen LogP contribution in [-0.2, 0) is 19.0 Å². The Kier molecular flexibility index (Phi) is 2.70. The summed E-state index contributed by atoms with van der Waals surface area (Å²) in [4.78, 5) is 11.7. The van der Waals surface area contributed by atoms with Crippen LogP contribution in [0.4, 0.5) is 0 Å². The highest BCUT2D eigenvalue weighted by molar-refractivity contribution is 5.76. The second-order valence-corrected chi connectivity index (χ2v) is 4.90. The van der Waals surface area contributed by atoms with Crippen molar-refractivity contribution in [1.29, 1.82) is 0 Å². The number of carbonyl (C=O) groups is 1. The molecule has 0 saturated carbocycles. The van der Waals surface area contributed by atoms with Crippen LogP contribution in [0.3, 0.4) is 0 Å². The smallest absolute Gasteiger partial charge is 0.323 e. The van der Waals surface area contributed by atoms with E-state index in [2.05, 4.69) is 5.32 Å². The average molecular weight is 215 g/mol. The summed E-state index contributed by atoms with van der Waals surface area (Å²) in [6, 6.07) is -0.306. The standard InChI is InChI=1S/C10H17NO4/c1-10(2,3)15-9(12)6-4-7-8(11-6)14-5-13-7/h6-8,11H,4-5H2,1-3H3. The Labute approximate surface area is 89.1 Å². The lowest BCUT2D eigenvalue weighted by Crippen LogP contribution is -2.40. The van der Waals surface area contributed by atoms with Gasteiger partial charge in [0.2, 0.25) is 0 Å². The van der Waals surface area contributed by atoms with Crippen molar-refractivity contribution in [2.45, 2.75) is 51.2 Å². The molecule has 2 aliphatic rings. The van der Waals surface area contributed by atoms with E-state index in [0.29, 0.717) is 13.2 Å². The lowest BCUT2D eigenvalue weighted by Gasteiger charge is -2.22. The molecule has 15 heavy (non-hydrogen) atoms. The Hall–Kier alpha value is -0.650. The normalized spacial score (nSPS) is 35.3. The number of fused-ring (bicyclic) bond motifs is 1. The molecule has 3 atom stereocenters. The predicted molar refractivity (Wildman–Crippen MR) is 52.0 cm³/mol. The number of nitrogens with one attached hydrogen (secondary N) is 1. The first-order valence-electron chi connectivity index (χ1n) is 5.18. The van der Waals surface area contributed by atoms with E-state index in [4.69, 9.17) is 14.2 Å². The Morgan fingerprint density at radius 1 is 1.40 bits per heavy atom. The van der Waals surface area contributed by atoms with Crippen LogP contribution in [0, 0.1) is 0 Å². The van der Waals surface area contributed by atoms with Crippen LogP contribution in [0.1, 0.15) is 27.2 Å². The molecule has 0 bridgehead atoms. The molecule has 0 aromatic carbocycles. The Morgan fingerprint density at radius 3 is 2.73 bits per heavy atom. The maximum absolute atomic E-state index is 11.7. The molecule has 86 valence electrons. The third kappa shape index (κ3) is 2.48. The van der Waals surface area contributed by atoms with Gasteiger partial charge in [0.25, 0.3) is 0 Å². The fourth-order valence-electron chi connectivity index (χ4n) is 1.78. The van der Waals surface area contributed by atoms with Gasteiger partial charge in [0.15, 0.2) is 0 Å². The average Bonchev–Trinajstić information content (AvgIpc) is 2.56. The molecule has 2 heterocycles. The molecule has 0 aliphatic carbocycles. The summed E-state index contributed by atoms with van der Waals surface area (Å²) in [6.45, 7) is 5.87. The minimum absolute atomic E-state index is 0.0116. The molecular weight excluding hydrogens is 198 g/mol. The number of ether oxygens (including phenoxy) is 3. The first kappa shape index (κ1) is 10.9. The molecule has 0 aromatic rings. The highest BCUT2D eigenvalue weighted by Crippen LogP contribution is 2.24. The highest BCUT2D eigenvalue weighted by Gasteiger charge is 2.43. The molecule has 0 spiro atoms. The fraction of sp³-hybridized carbons (Fsp3) is 0.900. The fourth-order valence-corrected chi connectivity index (χ4v) is 1.78. The van der Waals surface area contributed by atoms with Gasteiger partial charge in [0.1, 0.15) is 30.8 Å². The molecule has 2 rings (SSSR count). The van der Waals surface area contributed by atoms with Crippen molar-refractivity contribution in [3.05, 3.63) is 0 Å². The van der Waals surface area contributed by atoms with Gasteiger partial charge < -0.3 is 14.2 Å². The predicted octanol–water partition coefficient (Wildman–Crippen LogP) is 0.389. The number of hydrogen-bond donors (Lipinski definition) is 1. The van der Waals surface area contributed by atoms with Crippen LogP contribution in [0.25, 0.3) is 0 Å². The Bertz CT molecular complexity index is 249. The monoisotopic (exact) mass is 215 g/mol. The Balaban J connectivity index is 1.88. The van der Waals surface area contributed by atoms with Gasteiger partial charge in [0, 0.05) is 6.42 Å². The van der Waals surface area contributed by atoms with Gasteiger partial charge in [0.05, 0.1) is 0 Å². The molecule has 1 N–H and O–H groups in total. The molecule has 0 radical (unpaired) electrons. The zero-order valence-corrected chi connectivity index (χ0v) is 9.28. The lowest BCUT2D eigenvalue weighted by molar-refractivity contribution is -0.158. The topological polar surface area (TPSA) is 56.8 Å². The van der Waals surface area contributed by atoms with E-state index in [1.807, 2.05) is 20.8 Å². The van der Waals surface area contributed by atoms with Gasteiger partial charge in [-0.25, -0.2) is 0 Å². The van der Waals surface area contributed by atoms with Gasteiger partial charge in [-0.15, -0.1) is 0 Å². The van der Waals surface area contributed by atoms with Crippen molar-refractivity contribution in [1.82, 2.24) is 5.32 Å². The number of rotatable bonds is 1. The minimum Gasteiger partial charge on any atom is -0.459 e. The van der Waals surface area contributed by atoms with Crippen LogP contribution in [0.2, 0.25) is 0 Å². The molecule has 0 aromatic heterocycles. The first-order chi connectivity index (χ1) is 6.96. The van der Waals surface area contributed by atoms with Crippen molar-refractivity contribution in [2.75, 3.05) is 6.79 Å². The van der Waals surface area contributed by atoms with Gasteiger partial charge in [-0.3, -0.25) is 10.1 Å². The van der Waals surface area contributed by atoms with Crippen LogP contribution in [0.5, 0.6) is 0 Å². The van der Waals surface area contributed by atoms with Crippen LogP contribution < -0.4 is 5.32 Å². The zero-order chi connectivity index (χ0) is 11.1. The summed E-state index contributed by atoms with van der Waals surface area (Å²) >= 11 is 0. The van der Waals surface area contributed by atoms with E-state index >= 15 is 0 Å². The minimum atomic E-state index is -0.446. The molecule has 2 fully saturated rings. The second-order valence-electron chi connectivity index (χ2n) is 4.90. The van der Waals surface area contributed by atoms with E-state index in [9.17, 15) is 4.79 Å². The maximum atomic E-state index is 11.7. The summed E-state index contributed by atoms with van der Waals surface area (Å²) in [5, 5.41) is 3.05. The van der Waals surface area contributed by atoms with E-state index in [0.717, 1.165) is 0 Å². The van der Waals surface area contributed by atoms with E-state index in [1.54, 1.807) is 0 Å². The summed E-state index contributed by atoms with van der Waals surface area (Å²) in [6.07, 6.45) is 0.463. The lowest BCUT2D eigenvalue weighted by atomic mass is 10.1. The van der Waals surface area contributed by atoms with Gasteiger partial charge in [-0.1, -0.05) is 0 Å². The molecular formula is C10H17NO4. The molecule has 3 unspecified atom stereocenters. The van der Waals surface area contributed by atoms with Crippen molar-refractivity contribution in [2.24, 2.45) is 0 Å². The number of esters is 1. The van der Waals surface area contributed by atoms with Crippen LogP contribution in [-0.4, -0.2) is 36.7 Å². The summed E-state index contributed by atoms with van der Waals surface area (Å²) in [5.74, 6) is -0.232. The van der Waals surface area contributed by atoms with Gasteiger partial charge in [-0.05, 0) is 20.8 Å². The second kappa shape index (κ2) is 3.73. The summed E-state index contributed by atoms with van der Waals surface area (Å²) in [5.41, 5.74) is -0.446. The quantitative estimate of drug-likeness (QED) is 0.641. The van der Waals surface area contributed by atoms with E-state index < -0.39 is 5.60 Å². The molecule has 5 nitrogen and oxygen atoms in total. The number of hydrogen-bond acceptors (Lipinski definition) is 5. The Morgan fingerprint density at radius 2 is 2.13 bits per heavy atom. The van der Waals surface area contributed by atoms with Crippen molar-refractivity contribution < 1.29 is 19.0 Å². The van der Waals surface area contributed by atoms with Crippen LogP contribution >= 0.6 is 0 Å². The summed E-state index contributed by atoms with van der Waals surface area (Å²) in [7, 11) is 0. The first-order valence-corrected chi connectivity index (χ1v) is 5.18. The van der Waals surface area contributed by atoms with Crippen molar-refractivity contribution in [3.63, 3.8) is 0 Å². The largest absolute Gasteiger partial charge is 0.459 e. The summed E-state index contributed by atoms with van der Waals surface area (Å²) < 4.78 is 15.8. The van der Waals surface area contributed by atoms with Crippen molar-refractivity contribution >= 4 is 5.97 Å². The molecule has 5 heteroatoms. The zero-order valence-electron chi connectivity index (χ0n) is 9.28. The maximum Gasteiger partial charge on any atom is 0.323 e. The highest BCUT2D eigenvalue weighted by atomic mass is 16.7.